The van der Waals surface area contributed by atoms with E-state index in [0.29, 0.717) is 4.47 Å². The minimum absolute atomic E-state index is 0.127. The lowest BCUT2D eigenvalue weighted by Gasteiger charge is -2.20. The van der Waals surface area contributed by atoms with Crippen LogP contribution in [0.15, 0.2) is 40.2 Å². The number of primary sulfonamides is 1. The minimum Gasteiger partial charge on any atom is -0.395 e. The van der Waals surface area contributed by atoms with Crippen molar-refractivity contribution in [2.24, 2.45) is 5.14 Å². The van der Waals surface area contributed by atoms with Gasteiger partial charge in [-0.05, 0) is 18.2 Å². The van der Waals surface area contributed by atoms with Gasteiger partial charge in [-0.25, -0.2) is 13.6 Å². The topological polar surface area (TPSA) is 101 Å². The molecular formula is C12H15BrN2O4S. The minimum atomic E-state index is -3.90. The van der Waals surface area contributed by atoms with Gasteiger partial charge in [0.05, 0.1) is 11.5 Å². The Hall–Kier alpha value is -1.22. The Morgan fingerprint density at radius 2 is 2.10 bits per heavy atom. The zero-order valence-electron chi connectivity index (χ0n) is 10.6. The monoisotopic (exact) mass is 362 g/mol. The number of nitrogens with zero attached hydrogens (tertiary/aromatic N) is 1. The Morgan fingerprint density at radius 3 is 2.60 bits per heavy atom. The highest BCUT2D eigenvalue weighted by atomic mass is 79.9. The normalized spacial score (nSPS) is 11.2. The van der Waals surface area contributed by atoms with Gasteiger partial charge in [-0.3, -0.25) is 4.79 Å². The van der Waals surface area contributed by atoms with Crippen LogP contribution in [0.25, 0.3) is 0 Å². The second kappa shape index (κ2) is 6.98. The highest BCUT2D eigenvalue weighted by molar-refractivity contribution is 9.10. The van der Waals surface area contributed by atoms with E-state index in [1.165, 1.54) is 29.2 Å². The average Bonchev–Trinajstić information content (AvgIpc) is 2.36. The number of hydrogen-bond acceptors (Lipinski definition) is 4. The van der Waals surface area contributed by atoms with E-state index in [0.717, 1.165) is 0 Å². The SMILES string of the molecule is C=CCN(CCO)C(=O)c1cc(Br)cc(S(N)(=O)=O)c1. The molecule has 0 aliphatic rings. The summed E-state index contributed by atoms with van der Waals surface area (Å²) in [5.41, 5.74) is 0.165. The number of halogens is 1. The van der Waals surface area contributed by atoms with Crippen LogP contribution in [-0.4, -0.2) is 44.0 Å². The van der Waals surface area contributed by atoms with E-state index in [-0.39, 0.29) is 30.2 Å². The quantitative estimate of drug-likeness (QED) is 0.727. The third-order valence-corrected chi connectivity index (χ3v) is 3.80. The number of aliphatic hydroxyl groups excluding tert-OH is 1. The summed E-state index contributed by atoms with van der Waals surface area (Å²) in [4.78, 5) is 13.5. The van der Waals surface area contributed by atoms with Gasteiger partial charge in [0.25, 0.3) is 5.91 Å². The molecule has 0 heterocycles. The third-order valence-electron chi connectivity index (χ3n) is 2.45. The zero-order chi connectivity index (χ0) is 15.3. The molecule has 1 aromatic rings. The lowest BCUT2D eigenvalue weighted by Crippen LogP contribution is -2.33. The molecule has 0 aromatic heterocycles. The first-order chi connectivity index (χ1) is 9.29. The first-order valence-electron chi connectivity index (χ1n) is 5.64. The van der Waals surface area contributed by atoms with Crippen molar-refractivity contribution in [3.63, 3.8) is 0 Å². The van der Waals surface area contributed by atoms with Crippen LogP contribution in [0, 0.1) is 0 Å². The third kappa shape index (κ3) is 4.41. The summed E-state index contributed by atoms with van der Waals surface area (Å²) >= 11 is 3.14. The van der Waals surface area contributed by atoms with Crippen LogP contribution < -0.4 is 5.14 Å². The van der Waals surface area contributed by atoms with Gasteiger partial charge in [0.15, 0.2) is 0 Å². The number of sulfonamides is 1. The number of carbonyl (C=O) groups is 1. The Morgan fingerprint density at radius 1 is 1.45 bits per heavy atom. The number of aliphatic hydroxyl groups is 1. The van der Waals surface area contributed by atoms with Crippen molar-refractivity contribution in [3.8, 4) is 0 Å². The second-order valence-corrected chi connectivity index (χ2v) is 6.46. The van der Waals surface area contributed by atoms with Crippen LogP contribution in [0.3, 0.4) is 0 Å². The fourth-order valence-corrected chi connectivity index (χ4v) is 2.81. The van der Waals surface area contributed by atoms with Crippen LogP contribution in [0.4, 0.5) is 0 Å². The predicted molar refractivity (Wildman–Crippen MR) is 78.7 cm³/mol. The van der Waals surface area contributed by atoms with Gasteiger partial charge in [0, 0.05) is 23.1 Å². The van der Waals surface area contributed by atoms with Gasteiger partial charge in [-0.1, -0.05) is 22.0 Å². The van der Waals surface area contributed by atoms with E-state index in [4.69, 9.17) is 10.2 Å². The Kier molecular flexibility index (Phi) is 5.88. The first-order valence-corrected chi connectivity index (χ1v) is 7.98. The summed E-state index contributed by atoms with van der Waals surface area (Å²) in [5, 5.41) is 14.0. The fourth-order valence-electron chi connectivity index (χ4n) is 1.59. The van der Waals surface area contributed by atoms with Gasteiger partial charge in [-0.2, -0.15) is 0 Å². The Bertz CT molecular complexity index is 616. The number of hydrogen-bond donors (Lipinski definition) is 2. The lowest BCUT2D eigenvalue weighted by atomic mass is 10.2. The van der Waals surface area contributed by atoms with Crippen molar-refractivity contribution in [2.75, 3.05) is 19.7 Å². The summed E-state index contributed by atoms with van der Waals surface area (Å²) in [6.07, 6.45) is 1.52. The summed E-state index contributed by atoms with van der Waals surface area (Å²) in [6.45, 7) is 3.71. The van der Waals surface area contributed by atoms with E-state index >= 15 is 0 Å². The Balaban J connectivity index is 3.21. The maximum absolute atomic E-state index is 12.3. The van der Waals surface area contributed by atoms with Gasteiger partial charge >= 0.3 is 0 Å². The lowest BCUT2D eigenvalue weighted by molar-refractivity contribution is 0.0742. The highest BCUT2D eigenvalue weighted by Gasteiger charge is 2.18. The molecule has 0 fully saturated rings. The molecule has 0 spiro atoms. The molecule has 0 unspecified atom stereocenters. The smallest absolute Gasteiger partial charge is 0.254 e. The van der Waals surface area contributed by atoms with Gasteiger partial charge < -0.3 is 10.0 Å². The molecule has 20 heavy (non-hydrogen) atoms. The molecule has 1 amide bonds. The van der Waals surface area contributed by atoms with Gasteiger partial charge in [0.1, 0.15) is 0 Å². The van der Waals surface area contributed by atoms with Crippen LogP contribution in [0.2, 0.25) is 0 Å². The van der Waals surface area contributed by atoms with Crippen LogP contribution in [0.1, 0.15) is 10.4 Å². The second-order valence-electron chi connectivity index (χ2n) is 3.98. The fraction of sp³-hybridized carbons (Fsp3) is 0.250. The molecule has 1 rings (SSSR count). The van der Waals surface area contributed by atoms with Crippen molar-refractivity contribution in [1.82, 2.24) is 4.90 Å². The van der Waals surface area contributed by atoms with Gasteiger partial charge in [-0.15, -0.1) is 6.58 Å². The van der Waals surface area contributed by atoms with Crippen LogP contribution in [0.5, 0.6) is 0 Å². The van der Waals surface area contributed by atoms with E-state index in [1.54, 1.807) is 0 Å². The molecule has 0 bridgehead atoms. The first kappa shape index (κ1) is 16.8. The molecule has 1 aromatic carbocycles. The maximum Gasteiger partial charge on any atom is 0.254 e. The molecular weight excluding hydrogens is 348 g/mol. The standard InChI is InChI=1S/C12H15BrN2O4S/c1-2-3-15(4-5-16)12(17)9-6-10(13)8-11(7-9)20(14,18)19/h2,6-8,16H,1,3-5H2,(H2,14,18,19). The molecule has 0 radical (unpaired) electrons. The summed E-state index contributed by atoms with van der Waals surface area (Å²) < 4.78 is 23.1. The van der Waals surface area contributed by atoms with Crippen molar-refractivity contribution in [1.29, 1.82) is 0 Å². The van der Waals surface area contributed by atoms with Crippen molar-refractivity contribution in [2.45, 2.75) is 4.90 Å². The summed E-state index contributed by atoms with van der Waals surface area (Å²) in [7, 11) is -3.90. The molecule has 3 N–H and O–H groups in total. The number of carbonyl (C=O) groups excluding carboxylic acids is 1. The van der Waals surface area contributed by atoms with Crippen molar-refractivity contribution in [3.05, 3.63) is 40.9 Å². The average molecular weight is 363 g/mol. The van der Waals surface area contributed by atoms with E-state index in [9.17, 15) is 13.2 Å². The maximum atomic E-state index is 12.3. The molecule has 110 valence electrons. The Labute approximate surface area is 126 Å². The molecule has 0 saturated heterocycles. The number of amides is 1. The molecule has 0 aliphatic carbocycles. The number of nitrogens with two attached hydrogens (primary N) is 1. The molecule has 0 aliphatic heterocycles. The van der Waals surface area contributed by atoms with E-state index in [1.807, 2.05) is 0 Å². The largest absolute Gasteiger partial charge is 0.395 e. The van der Waals surface area contributed by atoms with Crippen LogP contribution in [-0.2, 0) is 10.0 Å². The van der Waals surface area contributed by atoms with E-state index < -0.39 is 15.9 Å². The molecule has 0 saturated carbocycles. The predicted octanol–water partition coefficient (Wildman–Crippen LogP) is 0.717. The molecule has 8 heteroatoms. The van der Waals surface area contributed by atoms with Crippen molar-refractivity contribution < 1.29 is 18.3 Å². The van der Waals surface area contributed by atoms with Crippen LogP contribution >= 0.6 is 15.9 Å². The number of rotatable bonds is 6. The van der Waals surface area contributed by atoms with Crippen molar-refractivity contribution >= 4 is 31.9 Å². The van der Waals surface area contributed by atoms with Gasteiger partial charge in [0.2, 0.25) is 10.0 Å². The molecule has 0 atom stereocenters. The van der Waals surface area contributed by atoms with E-state index in [2.05, 4.69) is 22.5 Å². The number of benzene rings is 1. The molecule has 6 nitrogen and oxygen atoms in total. The summed E-state index contributed by atoms with van der Waals surface area (Å²) in [6, 6.07) is 4.01. The highest BCUT2D eigenvalue weighted by Crippen LogP contribution is 2.20. The summed E-state index contributed by atoms with van der Waals surface area (Å²) in [5.74, 6) is -0.412. The zero-order valence-corrected chi connectivity index (χ0v) is 13.0.